The zero-order valence-electron chi connectivity index (χ0n) is 17.7. The predicted molar refractivity (Wildman–Crippen MR) is 119 cm³/mol. The molecule has 0 unspecified atom stereocenters. The normalized spacial score (nSPS) is 10.8. The number of carbonyl (C=O) groups is 2. The van der Waals surface area contributed by atoms with Gasteiger partial charge in [0.1, 0.15) is 11.5 Å². The van der Waals surface area contributed by atoms with Crippen molar-refractivity contribution < 1.29 is 28.2 Å². The van der Waals surface area contributed by atoms with Crippen LogP contribution >= 0.6 is 11.6 Å². The second kappa shape index (κ2) is 10.5. The van der Waals surface area contributed by atoms with Crippen LogP contribution in [0.25, 0.3) is 11.3 Å². The van der Waals surface area contributed by atoms with E-state index in [0.717, 1.165) is 5.56 Å². The average molecular weight is 457 g/mol. The number of nitrogens with one attached hydrogen (secondary N) is 1. The summed E-state index contributed by atoms with van der Waals surface area (Å²) in [5.41, 5.74) is 4.09. The minimum atomic E-state index is -0.539. The number of ether oxygens (including phenoxy) is 3. The molecule has 1 heterocycles. The van der Waals surface area contributed by atoms with Crippen LogP contribution in [0.15, 0.2) is 58.0 Å². The fraction of sp³-hybridized carbons (Fsp3) is 0.174. The Balaban J connectivity index is 1.63. The summed E-state index contributed by atoms with van der Waals surface area (Å²) in [4.78, 5) is 24.0. The molecule has 0 radical (unpaired) electrons. The number of methoxy groups -OCH3 is 3. The Morgan fingerprint density at radius 3 is 2.53 bits per heavy atom. The number of halogens is 1. The van der Waals surface area contributed by atoms with Crippen LogP contribution in [0.1, 0.15) is 21.7 Å². The van der Waals surface area contributed by atoms with E-state index < -0.39 is 5.97 Å². The van der Waals surface area contributed by atoms with E-state index in [1.54, 1.807) is 55.6 Å². The number of nitrogens with zero attached hydrogens (tertiary/aromatic N) is 1. The third kappa shape index (κ3) is 5.47. The zero-order valence-corrected chi connectivity index (χ0v) is 18.4. The van der Waals surface area contributed by atoms with Crippen molar-refractivity contribution in [2.24, 2.45) is 5.10 Å². The summed E-state index contributed by atoms with van der Waals surface area (Å²) in [6, 6.07) is 13.5. The van der Waals surface area contributed by atoms with Gasteiger partial charge in [-0.25, -0.2) is 10.2 Å². The van der Waals surface area contributed by atoms with E-state index >= 15 is 0 Å². The summed E-state index contributed by atoms with van der Waals surface area (Å²) in [5, 5.41) is 4.21. The molecule has 9 heteroatoms. The molecule has 0 aliphatic carbocycles. The number of amides is 1. The van der Waals surface area contributed by atoms with E-state index in [-0.39, 0.29) is 22.9 Å². The Hall–Kier alpha value is -3.78. The van der Waals surface area contributed by atoms with Gasteiger partial charge < -0.3 is 18.6 Å². The molecule has 0 spiro atoms. The van der Waals surface area contributed by atoms with Crippen LogP contribution in [0.4, 0.5) is 0 Å². The van der Waals surface area contributed by atoms with Crippen LogP contribution in [-0.2, 0) is 16.0 Å². The second-order valence-corrected chi connectivity index (χ2v) is 6.95. The third-order valence-electron chi connectivity index (χ3n) is 4.48. The van der Waals surface area contributed by atoms with E-state index in [1.165, 1.54) is 20.4 Å². The Bertz CT molecular complexity index is 1160. The van der Waals surface area contributed by atoms with E-state index in [1.807, 2.05) is 0 Å². The van der Waals surface area contributed by atoms with E-state index in [9.17, 15) is 9.59 Å². The molecule has 1 N–H and O–H groups in total. The van der Waals surface area contributed by atoms with Crippen LogP contribution < -0.4 is 14.9 Å². The Morgan fingerprint density at radius 2 is 1.81 bits per heavy atom. The van der Waals surface area contributed by atoms with Gasteiger partial charge in [0.05, 0.1) is 44.6 Å². The van der Waals surface area contributed by atoms with Crippen LogP contribution in [0.3, 0.4) is 0 Å². The first-order valence-electron chi connectivity index (χ1n) is 9.46. The molecule has 0 bridgehead atoms. The molecule has 8 nitrogen and oxygen atoms in total. The molecule has 32 heavy (non-hydrogen) atoms. The van der Waals surface area contributed by atoms with Crippen molar-refractivity contribution in [3.05, 3.63) is 70.4 Å². The molecule has 3 aromatic rings. The van der Waals surface area contributed by atoms with Gasteiger partial charge in [-0.1, -0.05) is 17.7 Å². The number of carbonyl (C=O) groups excluding carboxylic acids is 2. The first-order chi connectivity index (χ1) is 15.4. The zero-order chi connectivity index (χ0) is 23.1. The molecule has 1 amide bonds. The average Bonchev–Trinajstić information content (AvgIpc) is 3.27. The maximum Gasteiger partial charge on any atom is 0.339 e. The van der Waals surface area contributed by atoms with Crippen molar-refractivity contribution in [2.75, 3.05) is 21.3 Å². The summed E-state index contributed by atoms with van der Waals surface area (Å²) in [7, 11) is 4.36. The number of benzene rings is 2. The molecule has 0 atom stereocenters. The molecule has 0 aliphatic rings. The highest BCUT2D eigenvalue weighted by Gasteiger charge is 2.14. The topological polar surface area (TPSA) is 99.4 Å². The smallest absolute Gasteiger partial charge is 0.339 e. The highest BCUT2D eigenvalue weighted by molar-refractivity contribution is 6.33. The van der Waals surface area contributed by atoms with Crippen molar-refractivity contribution in [2.45, 2.75) is 6.42 Å². The number of esters is 1. The van der Waals surface area contributed by atoms with Crippen molar-refractivity contribution in [1.29, 1.82) is 0 Å². The maximum atomic E-state index is 12.2. The molecule has 2 aromatic carbocycles. The number of hydrazone groups is 1. The quantitative estimate of drug-likeness (QED) is 0.311. The Kier molecular flexibility index (Phi) is 7.51. The lowest BCUT2D eigenvalue weighted by molar-refractivity contribution is -0.120. The molecule has 0 saturated heterocycles. The molecule has 0 aliphatic heterocycles. The Morgan fingerprint density at radius 1 is 1.03 bits per heavy atom. The van der Waals surface area contributed by atoms with Gasteiger partial charge in [0.25, 0.3) is 0 Å². The van der Waals surface area contributed by atoms with E-state index in [0.29, 0.717) is 28.6 Å². The van der Waals surface area contributed by atoms with Crippen molar-refractivity contribution in [3.8, 4) is 22.8 Å². The SMILES string of the molecule is COC(=O)c1cc(-c2ccc(/C=N\NC(=O)Cc3ccc(OC)c(OC)c3)o2)ccc1Cl. The van der Waals surface area contributed by atoms with Crippen molar-refractivity contribution in [3.63, 3.8) is 0 Å². The Labute approximate surface area is 189 Å². The number of furan rings is 1. The lowest BCUT2D eigenvalue weighted by Crippen LogP contribution is -2.19. The first kappa shape index (κ1) is 22.9. The van der Waals surface area contributed by atoms with Crippen molar-refractivity contribution >= 4 is 29.7 Å². The molecular weight excluding hydrogens is 436 g/mol. The van der Waals surface area contributed by atoms with Gasteiger partial charge in [-0.05, 0) is 48.0 Å². The van der Waals surface area contributed by atoms with Crippen LogP contribution in [0.2, 0.25) is 5.02 Å². The molecule has 0 saturated carbocycles. The monoisotopic (exact) mass is 456 g/mol. The fourth-order valence-corrected chi connectivity index (χ4v) is 3.10. The number of rotatable bonds is 8. The molecular formula is C23H21ClN2O6. The largest absolute Gasteiger partial charge is 0.493 e. The minimum absolute atomic E-state index is 0.113. The van der Waals surface area contributed by atoms with Gasteiger partial charge in [-0.2, -0.15) is 5.10 Å². The molecule has 166 valence electrons. The van der Waals surface area contributed by atoms with Crippen molar-refractivity contribution in [1.82, 2.24) is 5.43 Å². The van der Waals surface area contributed by atoms with Gasteiger partial charge in [-0.15, -0.1) is 0 Å². The van der Waals surface area contributed by atoms with Crippen LogP contribution in [0, 0.1) is 0 Å². The molecule has 3 rings (SSSR count). The summed E-state index contributed by atoms with van der Waals surface area (Å²) >= 11 is 6.04. The predicted octanol–water partition coefficient (Wildman–Crippen LogP) is 4.10. The number of hydrogen-bond donors (Lipinski definition) is 1. The van der Waals surface area contributed by atoms with E-state index in [4.69, 9.17) is 30.2 Å². The van der Waals surface area contributed by atoms with Gasteiger partial charge in [-0.3, -0.25) is 4.79 Å². The molecule has 1 aromatic heterocycles. The lowest BCUT2D eigenvalue weighted by Gasteiger charge is -2.09. The highest BCUT2D eigenvalue weighted by atomic mass is 35.5. The molecule has 0 fully saturated rings. The third-order valence-corrected chi connectivity index (χ3v) is 4.81. The van der Waals surface area contributed by atoms with Gasteiger partial charge >= 0.3 is 5.97 Å². The summed E-state index contributed by atoms with van der Waals surface area (Å²) < 4.78 is 20.9. The first-order valence-corrected chi connectivity index (χ1v) is 9.83. The summed E-state index contributed by atoms with van der Waals surface area (Å²) in [6.07, 6.45) is 1.50. The van der Waals surface area contributed by atoms with Gasteiger partial charge in [0.2, 0.25) is 5.91 Å². The summed E-state index contributed by atoms with van der Waals surface area (Å²) in [5.74, 6) is 1.21. The van der Waals surface area contributed by atoms with Gasteiger partial charge in [0.15, 0.2) is 11.5 Å². The highest BCUT2D eigenvalue weighted by Crippen LogP contribution is 2.28. The fourth-order valence-electron chi connectivity index (χ4n) is 2.91. The second-order valence-electron chi connectivity index (χ2n) is 6.55. The summed E-state index contributed by atoms with van der Waals surface area (Å²) in [6.45, 7) is 0. The maximum absolute atomic E-state index is 12.2. The van der Waals surface area contributed by atoms with Crippen LogP contribution in [-0.4, -0.2) is 39.4 Å². The van der Waals surface area contributed by atoms with E-state index in [2.05, 4.69) is 10.5 Å². The van der Waals surface area contributed by atoms with Gasteiger partial charge in [0, 0.05) is 5.56 Å². The number of hydrogen-bond acceptors (Lipinski definition) is 7. The lowest BCUT2D eigenvalue weighted by atomic mass is 10.1. The van der Waals surface area contributed by atoms with Crippen LogP contribution in [0.5, 0.6) is 11.5 Å². The standard InChI is InChI=1S/C23H21ClN2O6/c1-29-20-8-4-14(10-21(20)30-2)11-22(27)26-25-13-16-6-9-19(32-16)15-5-7-18(24)17(12-15)23(28)31-3/h4-10,12-13H,11H2,1-3H3,(H,26,27)/b25-13-. The minimum Gasteiger partial charge on any atom is -0.493 e.